The van der Waals surface area contributed by atoms with Gasteiger partial charge in [-0.25, -0.2) is 4.98 Å². The molecule has 1 N–H and O–H groups in total. The third-order valence-corrected chi connectivity index (χ3v) is 4.24. The number of anilines is 1. The lowest BCUT2D eigenvalue weighted by molar-refractivity contribution is 0.0948. The molecule has 0 atom stereocenters. The van der Waals surface area contributed by atoms with Crippen LogP contribution in [0.25, 0.3) is 0 Å². The SMILES string of the molecule is Cc1noc(C(C)C)c1C(=O)NCc1ccnc(N2CCOCC2)c1. The highest BCUT2D eigenvalue weighted by atomic mass is 16.5. The molecule has 2 aromatic heterocycles. The molecule has 1 aliphatic heterocycles. The summed E-state index contributed by atoms with van der Waals surface area (Å²) >= 11 is 0. The van der Waals surface area contributed by atoms with Crippen LogP contribution in [0.3, 0.4) is 0 Å². The van der Waals surface area contributed by atoms with Gasteiger partial charge in [0, 0.05) is 31.7 Å². The summed E-state index contributed by atoms with van der Waals surface area (Å²) in [4.78, 5) is 19.2. The molecule has 0 unspecified atom stereocenters. The number of hydrogen-bond acceptors (Lipinski definition) is 6. The number of pyridine rings is 1. The summed E-state index contributed by atoms with van der Waals surface area (Å²) in [6, 6.07) is 3.92. The highest BCUT2D eigenvalue weighted by molar-refractivity contribution is 5.96. The molecule has 0 spiro atoms. The van der Waals surface area contributed by atoms with Gasteiger partial charge in [-0.2, -0.15) is 0 Å². The lowest BCUT2D eigenvalue weighted by Crippen LogP contribution is -2.36. The molecule has 7 nitrogen and oxygen atoms in total. The molecule has 25 heavy (non-hydrogen) atoms. The summed E-state index contributed by atoms with van der Waals surface area (Å²) in [6.45, 7) is 9.28. The van der Waals surface area contributed by atoms with Crippen molar-refractivity contribution in [2.75, 3.05) is 31.2 Å². The van der Waals surface area contributed by atoms with Crippen molar-refractivity contribution in [3.8, 4) is 0 Å². The Kier molecular flexibility index (Phi) is 5.33. The Hall–Kier alpha value is -2.41. The van der Waals surface area contributed by atoms with Crippen LogP contribution in [0.5, 0.6) is 0 Å². The Labute approximate surface area is 147 Å². The fourth-order valence-corrected chi connectivity index (χ4v) is 2.86. The molecule has 0 aliphatic carbocycles. The van der Waals surface area contributed by atoms with Crippen LogP contribution in [0.1, 0.15) is 47.1 Å². The maximum atomic E-state index is 12.6. The molecular weight excluding hydrogens is 320 g/mol. The van der Waals surface area contributed by atoms with Gasteiger partial charge in [0.15, 0.2) is 5.76 Å². The van der Waals surface area contributed by atoms with Crippen LogP contribution < -0.4 is 10.2 Å². The first kappa shape index (κ1) is 17.4. The summed E-state index contributed by atoms with van der Waals surface area (Å²) in [5.41, 5.74) is 2.16. The molecule has 2 aromatic rings. The minimum absolute atomic E-state index is 0.107. The van der Waals surface area contributed by atoms with Gasteiger partial charge >= 0.3 is 0 Å². The fourth-order valence-electron chi connectivity index (χ4n) is 2.86. The molecule has 0 saturated carbocycles. The van der Waals surface area contributed by atoms with Crippen LogP contribution in [0.15, 0.2) is 22.9 Å². The lowest BCUT2D eigenvalue weighted by Gasteiger charge is -2.28. The number of ether oxygens (including phenoxy) is 1. The molecule has 1 aliphatic rings. The van der Waals surface area contributed by atoms with E-state index in [4.69, 9.17) is 9.26 Å². The van der Waals surface area contributed by atoms with E-state index in [0.29, 0.717) is 36.8 Å². The number of morpholine rings is 1. The predicted octanol–water partition coefficient (Wildman–Crippen LogP) is 2.27. The first-order valence-electron chi connectivity index (χ1n) is 8.58. The summed E-state index contributed by atoms with van der Waals surface area (Å²) < 4.78 is 10.7. The van der Waals surface area contributed by atoms with Crippen molar-refractivity contribution in [2.45, 2.75) is 33.2 Å². The average Bonchev–Trinajstić information content (AvgIpc) is 3.03. The average molecular weight is 344 g/mol. The van der Waals surface area contributed by atoms with Crippen LogP contribution in [0.4, 0.5) is 5.82 Å². The molecule has 3 rings (SSSR count). The first-order valence-corrected chi connectivity index (χ1v) is 8.58. The minimum atomic E-state index is -0.160. The van der Waals surface area contributed by atoms with Crippen molar-refractivity contribution >= 4 is 11.7 Å². The number of carbonyl (C=O) groups excluding carboxylic acids is 1. The zero-order valence-electron chi connectivity index (χ0n) is 14.9. The van der Waals surface area contributed by atoms with Crippen LogP contribution in [0.2, 0.25) is 0 Å². The highest BCUT2D eigenvalue weighted by Gasteiger charge is 2.22. The molecule has 1 fully saturated rings. The number of nitrogens with one attached hydrogen (secondary N) is 1. The van der Waals surface area contributed by atoms with E-state index in [2.05, 4.69) is 20.4 Å². The molecule has 134 valence electrons. The van der Waals surface area contributed by atoms with E-state index in [1.807, 2.05) is 26.0 Å². The second-order valence-electron chi connectivity index (χ2n) is 6.47. The van der Waals surface area contributed by atoms with Crippen molar-refractivity contribution in [2.24, 2.45) is 0 Å². The Morgan fingerprint density at radius 3 is 2.84 bits per heavy atom. The lowest BCUT2D eigenvalue weighted by atomic mass is 10.0. The van der Waals surface area contributed by atoms with Gasteiger partial charge in [0.1, 0.15) is 11.4 Å². The number of nitrogens with zero attached hydrogens (tertiary/aromatic N) is 3. The maximum absolute atomic E-state index is 12.6. The van der Waals surface area contributed by atoms with Crippen molar-refractivity contribution in [1.82, 2.24) is 15.5 Å². The molecule has 7 heteroatoms. The molecule has 0 bridgehead atoms. The first-order chi connectivity index (χ1) is 12.1. The second kappa shape index (κ2) is 7.65. The zero-order valence-corrected chi connectivity index (χ0v) is 14.9. The van der Waals surface area contributed by atoms with Crippen molar-refractivity contribution in [1.29, 1.82) is 0 Å². The predicted molar refractivity (Wildman–Crippen MR) is 93.8 cm³/mol. The van der Waals surface area contributed by atoms with Crippen LogP contribution in [0, 0.1) is 6.92 Å². The van der Waals surface area contributed by atoms with Crippen LogP contribution in [-0.4, -0.2) is 42.4 Å². The number of rotatable bonds is 5. The fraction of sp³-hybridized carbons (Fsp3) is 0.500. The Morgan fingerprint density at radius 1 is 1.36 bits per heavy atom. The zero-order chi connectivity index (χ0) is 17.8. The second-order valence-corrected chi connectivity index (χ2v) is 6.47. The molecule has 3 heterocycles. The Morgan fingerprint density at radius 2 is 2.12 bits per heavy atom. The smallest absolute Gasteiger partial charge is 0.257 e. The van der Waals surface area contributed by atoms with E-state index < -0.39 is 0 Å². The number of aryl methyl sites for hydroxylation is 1. The largest absolute Gasteiger partial charge is 0.378 e. The summed E-state index contributed by atoms with van der Waals surface area (Å²) in [5, 5.41) is 6.88. The van der Waals surface area contributed by atoms with Crippen molar-refractivity contribution in [3.05, 3.63) is 40.9 Å². The molecule has 1 amide bonds. The van der Waals surface area contributed by atoms with Gasteiger partial charge in [-0.15, -0.1) is 0 Å². The van der Waals surface area contributed by atoms with Gasteiger partial charge in [-0.3, -0.25) is 4.79 Å². The van der Waals surface area contributed by atoms with Gasteiger partial charge in [-0.1, -0.05) is 19.0 Å². The van der Waals surface area contributed by atoms with E-state index in [0.717, 1.165) is 24.5 Å². The molecular formula is C18H24N4O3. The standard InChI is InChI=1S/C18H24N4O3/c1-12(2)17-16(13(3)21-25-17)18(23)20-11-14-4-5-19-15(10-14)22-6-8-24-9-7-22/h4-5,10,12H,6-9,11H2,1-3H3,(H,20,23). The van der Waals surface area contributed by atoms with E-state index >= 15 is 0 Å². The normalized spacial score (nSPS) is 14.8. The van der Waals surface area contributed by atoms with Crippen molar-refractivity contribution < 1.29 is 14.1 Å². The van der Waals surface area contributed by atoms with E-state index in [1.165, 1.54) is 0 Å². The van der Waals surface area contributed by atoms with Crippen LogP contribution >= 0.6 is 0 Å². The number of aromatic nitrogens is 2. The monoisotopic (exact) mass is 344 g/mol. The van der Waals surface area contributed by atoms with Crippen LogP contribution in [-0.2, 0) is 11.3 Å². The molecule has 1 saturated heterocycles. The summed E-state index contributed by atoms with van der Waals surface area (Å²) in [7, 11) is 0. The highest BCUT2D eigenvalue weighted by Crippen LogP contribution is 2.22. The van der Waals surface area contributed by atoms with E-state index in [9.17, 15) is 4.79 Å². The van der Waals surface area contributed by atoms with Gasteiger partial charge in [0.2, 0.25) is 0 Å². The van der Waals surface area contributed by atoms with Gasteiger partial charge < -0.3 is 19.5 Å². The third-order valence-electron chi connectivity index (χ3n) is 4.24. The quantitative estimate of drug-likeness (QED) is 0.896. The minimum Gasteiger partial charge on any atom is -0.378 e. The van der Waals surface area contributed by atoms with Gasteiger partial charge in [-0.05, 0) is 24.6 Å². The van der Waals surface area contributed by atoms with E-state index in [-0.39, 0.29) is 11.8 Å². The molecule has 0 radical (unpaired) electrons. The Balaban J connectivity index is 1.67. The number of carbonyl (C=O) groups is 1. The maximum Gasteiger partial charge on any atom is 0.257 e. The number of amides is 1. The topological polar surface area (TPSA) is 80.5 Å². The van der Waals surface area contributed by atoms with E-state index in [1.54, 1.807) is 13.1 Å². The summed E-state index contributed by atoms with van der Waals surface area (Å²) in [5.74, 6) is 1.49. The van der Waals surface area contributed by atoms with Crippen molar-refractivity contribution in [3.63, 3.8) is 0 Å². The third kappa shape index (κ3) is 3.99. The number of hydrogen-bond donors (Lipinski definition) is 1. The summed E-state index contributed by atoms with van der Waals surface area (Å²) in [6.07, 6.45) is 1.77. The van der Waals surface area contributed by atoms with Gasteiger partial charge in [0.05, 0.1) is 18.9 Å². The Bertz CT molecular complexity index is 736. The van der Waals surface area contributed by atoms with Gasteiger partial charge in [0.25, 0.3) is 5.91 Å². The molecule has 0 aromatic carbocycles.